The predicted octanol–water partition coefficient (Wildman–Crippen LogP) is -6.64. The second-order valence-electron chi connectivity index (χ2n) is 21.2. The highest BCUT2D eigenvalue weighted by molar-refractivity contribution is 5.98. The number of fused-ring (bicyclic) bond motifs is 1. The number of aliphatic hydroxyl groups is 10. The third-order valence-corrected chi connectivity index (χ3v) is 14.2. The Balaban J connectivity index is 1.88. The van der Waals surface area contributed by atoms with Gasteiger partial charge in [-0.1, -0.05) is 6.92 Å². The van der Waals surface area contributed by atoms with Gasteiger partial charge in [-0.2, -0.15) is 4.98 Å². The van der Waals surface area contributed by atoms with Crippen LogP contribution in [0, 0.1) is 11.8 Å². The van der Waals surface area contributed by atoms with Gasteiger partial charge in [-0.05, 0) is 56.4 Å². The maximum Gasteiger partial charge on any atom is 0.326 e. The summed E-state index contributed by atoms with van der Waals surface area (Å²) in [7, 11) is 0. The highest BCUT2D eigenvalue weighted by Gasteiger charge is 2.35. The first-order valence-corrected chi connectivity index (χ1v) is 28.6. The maximum absolute atomic E-state index is 14.3. The van der Waals surface area contributed by atoms with Crippen LogP contribution in [0.2, 0.25) is 0 Å². The standard InChI is InChI=1S/C55H79N11O25/c1-2-34(70)31(11-15-42(78)79)62-52(88)27(6-14-41(77)59-22-37(73)46(83)48(85)39(75)24-68)18-35(71)32(12-16-43(80)81)63-51(87)26(5-13-40(76)58-21-36(72)45(82)47(84)38(74)23-67)17-30(69)9-10-33(54(90)91)64-50(86)25-3-7-28(8-4-25)57-19-29-20-60-49-44(61-29)53(89)66-55(56)65-49/h3-4,7-8,20,26-27,31-33,36-39,45-48,57,67-68,72-75,82-85H,2,5-6,9-19,21-24H2,1H3,(H,58,76)(H,59,77)(H,62,88)(H,63,87)(H,64,86)(H,78,79)(H,80,81)(H,90,91)(H3,56,60,65,66,89)/t26-,27-,31+,32+,33-,36+,37+,38-,39-,45-,46-,47-,48-/m1/s1. The number of nitrogen functional groups attached to an aromatic ring is 1. The van der Waals surface area contributed by atoms with Crippen LogP contribution in [0.15, 0.2) is 35.3 Å². The molecule has 0 radical (unpaired) electrons. The largest absolute Gasteiger partial charge is 0.481 e. The lowest BCUT2D eigenvalue weighted by Gasteiger charge is -2.26. The van der Waals surface area contributed by atoms with E-state index < -0.39 is 252 Å². The van der Waals surface area contributed by atoms with Gasteiger partial charge in [-0.15, -0.1) is 0 Å². The monoisotopic (exact) mass is 1290 g/mol. The molecule has 0 aliphatic rings. The Morgan fingerprint density at radius 1 is 0.571 bits per heavy atom. The summed E-state index contributed by atoms with van der Waals surface area (Å²) in [5.41, 5.74) is 5.65. The van der Waals surface area contributed by atoms with Crippen LogP contribution < -0.4 is 43.2 Å². The van der Waals surface area contributed by atoms with E-state index in [-0.39, 0.29) is 35.6 Å². The molecule has 91 heavy (non-hydrogen) atoms. The number of hydrogen-bond acceptors (Lipinski definition) is 27. The second kappa shape index (κ2) is 38.2. The van der Waals surface area contributed by atoms with Crippen molar-refractivity contribution in [3.63, 3.8) is 0 Å². The number of rotatable bonds is 44. The fraction of sp³-hybridized carbons (Fsp3) is 0.582. The van der Waals surface area contributed by atoms with E-state index in [2.05, 4.69) is 51.8 Å². The smallest absolute Gasteiger partial charge is 0.326 e. The Kier molecular flexibility index (Phi) is 32.2. The molecule has 1 aromatic carbocycles. The number of carbonyl (C=O) groups excluding carboxylic acids is 8. The van der Waals surface area contributed by atoms with E-state index in [1.54, 1.807) is 0 Å². The van der Waals surface area contributed by atoms with Gasteiger partial charge in [0.25, 0.3) is 11.5 Å². The van der Waals surface area contributed by atoms with E-state index in [1.165, 1.54) is 37.4 Å². The van der Waals surface area contributed by atoms with Crippen molar-refractivity contribution in [1.29, 1.82) is 0 Å². The number of H-pyrrole nitrogens is 1. The van der Waals surface area contributed by atoms with Gasteiger partial charge in [0.05, 0.1) is 55.9 Å². The summed E-state index contributed by atoms with van der Waals surface area (Å²) in [6, 6.07) is 0.619. The zero-order valence-corrected chi connectivity index (χ0v) is 49.3. The molecule has 2 aromatic heterocycles. The van der Waals surface area contributed by atoms with Gasteiger partial charge < -0.3 is 104 Å². The number of amides is 5. The van der Waals surface area contributed by atoms with Crippen molar-refractivity contribution in [1.82, 2.24) is 46.5 Å². The fourth-order valence-electron chi connectivity index (χ4n) is 8.79. The quantitative estimate of drug-likeness (QED) is 0.0250. The number of carbonyl (C=O) groups is 11. The molecule has 0 unspecified atom stereocenters. The van der Waals surface area contributed by atoms with Crippen LogP contribution in [0.1, 0.15) is 106 Å². The second-order valence-corrected chi connectivity index (χ2v) is 21.2. The summed E-state index contributed by atoms with van der Waals surface area (Å²) in [6.45, 7) is -2.11. The minimum atomic E-state index is -2.10. The van der Waals surface area contributed by atoms with Crippen molar-refractivity contribution in [3.8, 4) is 0 Å². The molecule has 3 rings (SSSR count). The number of aliphatic hydroxyl groups excluding tert-OH is 10. The first-order chi connectivity index (χ1) is 42.9. The number of ketones is 3. The molecule has 0 fully saturated rings. The third-order valence-electron chi connectivity index (χ3n) is 14.2. The van der Waals surface area contributed by atoms with Crippen molar-refractivity contribution in [3.05, 3.63) is 52.1 Å². The molecular weight excluding hydrogens is 1210 g/mol. The number of aromatic nitrogens is 4. The zero-order chi connectivity index (χ0) is 68.2. The molecule has 36 heteroatoms. The first kappa shape index (κ1) is 76.7. The van der Waals surface area contributed by atoms with Gasteiger partial charge in [0.15, 0.2) is 22.7 Å². The molecule has 13 atom stereocenters. The highest BCUT2D eigenvalue weighted by atomic mass is 16.4. The molecule has 22 N–H and O–H groups in total. The van der Waals surface area contributed by atoms with Crippen LogP contribution in [0.25, 0.3) is 11.2 Å². The van der Waals surface area contributed by atoms with E-state index in [9.17, 15) is 114 Å². The van der Waals surface area contributed by atoms with Gasteiger partial charge in [-0.3, -0.25) is 57.7 Å². The lowest BCUT2D eigenvalue weighted by Crippen LogP contribution is -2.49. The Hall–Kier alpha value is -8.59. The van der Waals surface area contributed by atoms with Crippen LogP contribution in [0.4, 0.5) is 11.6 Å². The number of hydrogen-bond donors (Lipinski definition) is 21. The van der Waals surface area contributed by atoms with Crippen LogP contribution in [0.3, 0.4) is 0 Å². The minimum Gasteiger partial charge on any atom is -0.481 e. The topological polar surface area (TPSA) is 620 Å². The van der Waals surface area contributed by atoms with Gasteiger partial charge in [-0.25, -0.2) is 14.8 Å². The average Bonchev–Trinajstić information content (AvgIpc) is 2.34. The number of nitrogens with one attached hydrogen (secondary N) is 7. The lowest BCUT2D eigenvalue weighted by molar-refractivity contribution is -0.140. The molecule has 0 aliphatic heterocycles. The highest BCUT2D eigenvalue weighted by Crippen LogP contribution is 2.21. The normalized spacial score (nSPS) is 15.7. The SMILES string of the molecule is CCC(=O)[C@H](CCC(=O)O)NC(=O)[C@H](CCC(=O)NC[C@H](O)[C@@H](O)[C@H](O)[C@H](O)CO)CC(=O)[C@H](CCC(=O)O)NC(=O)[C@H](CCC(=O)NC[C@H](O)[C@@H](O)[C@H](O)[C@H](O)CO)CC(=O)CC[C@@H](NC(=O)c1ccc(NCc2cnc3nc(N)[nH]c(=O)c3n2)cc1)C(=O)O. The Morgan fingerprint density at radius 2 is 1.04 bits per heavy atom. The first-order valence-electron chi connectivity index (χ1n) is 28.6. The van der Waals surface area contributed by atoms with E-state index in [4.69, 9.17) is 15.9 Å². The number of nitrogens with two attached hydrogens (primary N) is 1. The molecule has 0 aliphatic carbocycles. The van der Waals surface area contributed by atoms with Gasteiger partial charge >= 0.3 is 17.9 Å². The molecule has 0 saturated heterocycles. The van der Waals surface area contributed by atoms with Crippen molar-refractivity contribution in [2.24, 2.45) is 11.8 Å². The summed E-state index contributed by atoms with van der Waals surface area (Å²) >= 11 is 0. The summed E-state index contributed by atoms with van der Waals surface area (Å²) in [6.07, 6.45) is -22.9. The Labute approximate surface area is 517 Å². The predicted molar refractivity (Wildman–Crippen MR) is 310 cm³/mol. The third kappa shape index (κ3) is 26.0. The number of Topliss-reactive ketones (excluding diaryl/α,β-unsaturated/α-hetero) is 3. The maximum atomic E-state index is 14.3. The number of anilines is 2. The molecule has 0 bridgehead atoms. The zero-order valence-electron chi connectivity index (χ0n) is 49.3. The molecule has 0 saturated carbocycles. The van der Waals surface area contributed by atoms with Crippen LogP contribution in [-0.2, 0) is 54.5 Å². The van der Waals surface area contributed by atoms with Crippen LogP contribution in [0.5, 0.6) is 0 Å². The van der Waals surface area contributed by atoms with Gasteiger partial charge in [0.1, 0.15) is 48.4 Å². The Morgan fingerprint density at radius 3 is 1.52 bits per heavy atom. The van der Waals surface area contributed by atoms with Gasteiger partial charge in [0, 0.05) is 87.5 Å². The summed E-state index contributed by atoms with van der Waals surface area (Å²) < 4.78 is 0. The number of carboxylic acids is 3. The summed E-state index contributed by atoms with van der Waals surface area (Å²) in [4.78, 5) is 171. The number of carboxylic acid groups (broad SMARTS) is 3. The number of nitrogens with zero attached hydrogens (tertiary/aromatic N) is 3. The molecule has 3 aromatic rings. The molecule has 0 spiro atoms. The van der Waals surface area contributed by atoms with Crippen molar-refractivity contribution < 1.29 is 119 Å². The molecule has 2 heterocycles. The van der Waals surface area contributed by atoms with Gasteiger partial charge in [0.2, 0.25) is 29.6 Å². The molecular formula is C55H79N11O25. The van der Waals surface area contributed by atoms with E-state index in [1.807, 2.05) is 0 Å². The lowest BCUT2D eigenvalue weighted by atomic mass is 9.89. The molecule has 5 amide bonds. The minimum absolute atomic E-state index is 0.0210. The van der Waals surface area contributed by atoms with E-state index >= 15 is 0 Å². The van der Waals surface area contributed by atoms with E-state index in [0.29, 0.717) is 11.4 Å². The van der Waals surface area contributed by atoms with Crippen molar-refractivity contribution >= 4 is 87.6 Å². The van der Waals surface area contributed by atoms with E-state index in [0.717, 1.165) is 0 Å². The van der Waals surface area contributed by atoms with Crippen molar-refractivity contribution in [2.75, 3.05) is 37.4 Å². The summed E-state index contributed by atoms with van der Waals surface area (Å²) in [5, 5.41) is 142. The summed E-state index contributed by atoms with van der Waals surface area (Å²) in [5.74, 6) is -15.5. The number of benzene rings is 1. The van der Waals surface area contributed by atoms with Crippen LogP contribution >= 0.6 is 0 Å². The number of aromatic amines is 1. The number of aliphatic carboxylic acids is 3. The molecule has 504 valence electrons. The average molecular weight is 1290 g/mol. The molecule has 36 nitrogen and oxygen atoms in total. The fourth-order valence-corrected chi connectivity index (χ4v) is 8.79. The van der Waals surface area contributed by atoms with Crippen molar-refractivity contribution in [2.45, 2.75) is 164 Å². The Bertz CT molecular complexity index is 3040. The van der Waals surface area contributed by atoms with Crippen LogP contribution in [-0.4, -0.2) is 244 Å².